The van der Waals surface area contributed by atoms with E-state index in [1.807, 2.05) is 41.3 Å². The highest BCUT2D eigenvalue weighted by Crippen LogP contribution is 2.41. The average Bonchev–Trinajstić information content (AvgIpc) is 3.37. The Morgan fingerprint density at radius 3 is 2.80 bits per heavy atom. The number of aromatic nitrogens is 3. The van der Waals surface area contributed by atoms with Crippen LogP contribution in [0.15, 0.2) is 67.1 Å². The lowest BCUT2D eigenvalue weighted by Crippen LogP contribution is -2.52. The van der Waals surface area contributed by atoms with Gasteiger partial charge in [-0.1, -0.05) is 30.7 Å². The molecule has 30 heavy (non-hydrogen) atoms. The number of rotatable bonds is 4. The summed E-state index contributed by atoms with van der Waals surface area (Å²) >= 11 is 0. The summed E-state index contributed by atoms with van der Waals surface area (Å²) < 4.78 is 1.92. The number of benzene rings is 1. The zero-order valence-electron chi connectivity index (χ0n) is 17.1. The first-order valence-corrected chi connectivity index (χ1v) is 10.8. The molecule has 0 unspecified atom stereocenters. The summed E-state index contributed by atoms with van der Waals surface area (Å²) in [6.45, 7) is 2.54. The quantitative estimate of drug-likeness (QED) is 0.729. The van der Waals surface area contributed by atoms with E-state index in [-0.39, 0.29) is 17.4 Å². The molecule has 154 valence electrons. The fraction of sp³-hybridized carbons (Fsp3) is 0.375. The number of para-hydroxylation sites is 1. The number of nitrogens with one attached hydrogen (secondary N) is 1. The van der Waals surface area contributed by atoms with Crippen molar-refractivity contribution in [1.82, 2.24) is 25.0 Å². The minimum absolute atomic E-state index is 0.173. The van der Waals surface area contributed by atoms with Gasteiger partial charge in [-0.3, -0.25) is 14.7 Å². The zero-order valence-corrected chi connectivity index (χ0v) is 17.1. The second-order valence-electron chi connectivity index (χ2n) is 8.47. The molecule has 4 heterocycles. The van der Waals surface area contributed by atoms with E-state index in [0.717, 1.165) is 50.3 Å². The average molecular weight is 402 g/mol. The topological polar surface area (TPSA) is 63.1 Å². The van der Waals surface area contributed by atoms with Gasteiger partial charge in [0.15, 0.2) is 0 Å². The Balaban J connectivity index is 1.46. The van der Waals surface area contributed by atoms with Gasteiger partial charge < -0.3 is 5.32 Å². The Morgan fingerprint density at radius 1 is 1.07 bits per heavy atom. The van der Waals surface area contributed by atoms with Crippen molar-refractivity contribution in [2.75, 3.05) is 13.1 Å². The van der Waals surface area contributed by atoms with E-state index in [0.29, 0.717) is 6.42 Å². The van der Waals surface area contributed by atoms with Crippen LogP contribution in [0.2, 0.25) is 0 Å². The van der Waals surface area contributed by atoms with Crippen molar-refractivity contribution in [1.29, 1.82) is 0 Å². The maximum absolute atomic E-state index is 12.5. The van der Waals surface area contributed by atoms with Crippen molar-refractivity contribution in [2.45, 2.75) is 43.7 Å². The Hall–Kier alpha value is -2.99. The van der Waals surface area contributed by atoms with Crippen LogP contribution in [-0.4, -0.2) is 44.2 Å². The first-order valence-electron chi connectivity index (χ1n) is 10.8. The standard InChI is InChI=1S/C24H27N5O/c30-23-11-3-5-12-24(27-23)18-28(17-20(24)21-9-4-6-13-25-21)16-19-8-1-2-10-22(19)29-15-7-14-26-29/h1-2,4,6-10,13-15,20H,3,5,11-12,16-18H2,(H,27,30)/t20-,24+/m0/s1. The van der Waals surface area contributed by atoms with Gasteiger partial charge in [0.05, 0.1) is 11.2 Å². The maximum atomic E-state index is 12.5. The molecule has 0 bridgehead atoms. The number of hydrogen-bond donors (Lipinski definition) is 1. The van der Waals surface area contributed by atoms with Crippen molar-refractivity contribution in [2.24, 2.45) is 0 Å². The van der Waals surface area contributed by atoms with Crippen LogP contribution in [-0.2, 0) is 11.3 Å². The van der Waals surface area contributed by atoms with Crippen molar-refractivity contribution < 1.29 is 4.79 Å². The third kappa shape index (κ3) is 3.63. The third-order valence-electron chi connectivity index (χ3n) is 6.46. The van der Waals surface area contributed by atoms with Crippen molar-refractivity contribution in [3.8, 4) is 5.69 Å². The van der Waals surface area contributed by atoms with Crippen LogP contribution in [0.4, 0.5) is 0 Å². The first-order chi connectivity index (χ1) is 14.7. The van der Waals surface area contributed by atoms with Gasteiger partial charge in [0.1, 0.15) is 0 Å². The molecule has 2 aliphatic rings. The molecule has 0 saturated carbocycles. The second kappa shape index (κ2) is 8.03. The van der Waals surface area contributed by atoms with Gasteiger partial charge in [-0.25, -0.2) is 4.68 Å². The van der Waals surface area contributed by atoms with Gasteiger partial charge >= 0.3 is 0 Å². The fourth-order valence-corrected chi connectivity index (χ4v) is 5.11. The number of pyridine rings is 1. The van der Waals surface area contributed by atoms with Crippen molar-refractivity contribution >= 4 is 5.91 Å². The van der Waals surface area contributed by atoms with Gasteiger partial charge in [0, 0.05) is 56.3 Å². The van der Waals surface area contributed by atoms with Crippen molar-refractivity contribution in [3.63, 3.8) is 0 Å². The zero-order chi connectivity index (χ0) is 20.4. The van der Waals surface area contributed by atoms with E-state index in [2.05, 4.69) is 44.6 Å². The molecular weight excluding hydrogens is 374 g/mol. The Morgan fingerprint density at radius 2 is 1.97 bits per heavy atom. The smallest absolute Gasteiger partial charge is 0.220 e. The normalized spacial score (nSPS) is 24.7. The van der Waals surface area contributed by atoms with Crippen LogP contribution in [0.3, 0.4) is 0 Å². The molecule has 0 radical (unpaired) electrons. The van der Waals surface area contributed by atoms with Crippen LogP contribution < -0.4 is 5.32 Å². The maximum Gasteiger partial charge on any atom is 0.220 e. The largest absolute Gasteiger partial charge is 0.349 e. The molecule has 3 aromatic rings. The summed E-state index contributed by atoms with van der Waals surface area (Å²) in [5.41, 5.74) is 3.16. The fourth-order valence-electron chi connectivity index (χ4n) is 5.11. The Kier molecular flexibility index (Phi) is 5.09. The number of hydrogen-bond acceptors (Lipinski definition) is 4. The molecule has 2 saturated heterocycles. The van der Waals surface area contributed by atoms with E-state index in [9.17, 15) is 4.79 Å². The number of likely N-dealkylation sites (tertiary alicyclic amines) is 1. The molecule has 1 N–H and O–H groups in total. The number of amides is 1. The summed E-state index contributed by atoms with van der Waals surface area (Å²) in [7, 11) is 0. The molecular formula is C24H27N5O. The van der Waals surface area contributed by atoms with Gasteiger partial charge in [-0.15, -0.1) is 0 Å². The summed E-state index contributed by atoms with van der Waals surface area (Å²) in [4.78, 5) is 19.7. The molecule has 6 nitrogen and oxygen atoms in total. The van der Waals surface area contributed by atoms with Gasteiger partial charge in [0.2, 0.25) is 5.91 Å². The third-order valence-corrected chi connectivity index (χ3v) is 6.46. The van der Waals surface area contributed by atoms with E-state index in [1.165, 1.54) is 5.56 Å². The van der Waals surface area contributed by atoms with E-state index in [1.54, 1.807) is 6.20 Å². The van der Waals surface area contributed by atoms with E-state index < -0.39 is 0 Å². The summed E-state index contributed by atoms with van der Waals surface area (Å²) in [6, 6.07) is 16.5. The lowest BCUT2D eigenvalue weighted by Gasteiger charge is -2.34. The molecule has 2 aliphatic heterocycles. The lowest BCUT2D eigenvalue weighted by molar-refractivity contribution is -0.122. The number of nitrogens with zero attached hydrogens (tertiary/aromatic N) is 4. The minimum atomic E-state index is -0.247. The molecule has 1 aromatic carbocycles. The molecule has 1 spiro atoms. The molecule has 2 fully saturated rings. The van der Waals surface area contributed by atoms with Gasteiger partial charge in [-0.05, 0) is 42.7 Å². The Bertz CT molecular complexity index is 1000. The Labute approximate surface area is 176 Å². The van der Waals surface area contributed by atoms with Crippen LogP contribution >= 0.6 is 0 Å². The molecule has 5 rings (SSSR count). The number of carbonyl (C=O) groups excluding carboxylic acids is 1. The van der Waals surface area contributed by atoms with Crippen LogP contribution in [0.5, 0.6) is 0 Å². The predicted molar refractivity (Wildman–Crippen MR) is 115 cm³/mol. The summed E-state index contributed by atoms with van der Waals surface area (Å²) in [6.07, 6.45) is 9.30. The summed E-state index contributed by atoms with van der Waals surface area (Å²) in [5.74, 6) is 0.366. The highest BCUT2D eigenvalue weighted by Gasteiger charge is 2.49. The molecule has 2 aromatic heterocycles. The SMILES string of the molecule is O=C1CCCC[C@]2(CN(Cc3ccccc3-n3cccn3)C[C@H]2c2ccccn2)N1. The van der Waals surface area contributed by atoms with Crippen LogP contribution in [0.25, 0.3) is 5.69 Å². The monoisotopic (exact) mass is 401 g/mol. The van der Waals surface area contributed by atoms with E-state index >= 15 is 0 Å². The van der Waals surface area contributed by atoms with Crippen molar-refractivity contribution in [3.05, 3.63) is 78.4 Å². The first kappa shape index (κ1) is 19.0. The predicted octanol–water partition coefficient (Wildman–Crippen LogP) is 3.30. The van der Waals surface area contributed by atoms with Gasteiger partial charge in [0.25, 0.3) is 0 Å². The van der Waals surface area contributed by atoms with E-state index in [4.69, 9.17) is 0 Å². The van der Waals surface area contributed by atoms with Gasteiger partial charge in [-0.2, -0.15) is 5.10 Å². The van der Waals surface area contributed by atoms with Crippen LogP contribution in [0, 0.1) is 0 Å². The lowest BCUT2D eigenvalue weighted by atomic mass is 9.81. The molecule has 2 atom stereocenters. The second-order valence-corrected chi connectivity index (χ2v) is 8.47. The minimum Gasteiger partial charge on any atom is -0.349 e. The van der Waals surface area contributed by atoms with Crippen LogP contribution in [0.1, 0.15) is 42.9 Å². The molecule has 0 aliphatic carbocycles. The highest BCUT2D eigenvalue weighted by atomic mass is 16.1. The molecule has 6 heteroatoms. The summed E-state index contributed by atoms with van der Waals surface area (Å²) in [5, 5.41) is 7.84. The number of carbonyl (C=O) groups is 1. The molecule has 1 amide bonds. The highest BCUT2D eigenvalue weighted by molar-refractivity contribution is 5.77.